The van der Waals surface area contributed by atoms with Crippen molar-refractivity contribution in [2.45, 2.75) is 26.7 Å². The van der Waals surface area contributed by atoms with Crippen LogP contribution in [0.1, 0.15) is 34.6 Å². The topological polar surface area (TPSA) is 71.2 Å². The van der Waals surface area contributed by atoms with E-state index in [-0.39, 0.29) is 12.5 Å². The Hall–Kier alpha value is -2.21. The van der Waals surface area contributed by atoms with Gasteiger partial charge in [0.25, 0.3) is 5.91 Å². The highest BCUT2D eigenvalue weighted by atomic mass is 16.3. The van der Waals surface area contributed by atoms with Gasteiger partial charge in [-0.2, -0.15) is 0 Å². The van der Waals surface area contributed by atoms with E-state index < -0.39 is 0 Å². The third-order valence-corrected chi connectivity index (χ3v) is 4.54. The number of amides is 1. The Morgan fingerprint density at radius 3 is 2.48 bits per heavy atom. The molecule has 0 radical (unpaired) electrons. The van der Waals surface area contributed by atoms with Gasteiger partial charge in [0.1, 0.15) is 0 Å². The quantitative estimate of drug-likeness (QED) is 0.936. The number of rotatable bonds is 3. The number of aliphatic hydroxyl groups excluding tert-OH is 1. The Kier molecular flexibility index (Phi) is 4.43. The summed E-state index contributed by atoms with van der Waals surface area (Å²) < 4.78 is 1.70. The molecule has 1 amide bonds. The molecule has 0 saturated carbocycles. The normalized spacial score (nSPS) is 15.9. The SMILES string of the molecule is Cc1ccc(-n2nnc(C(=O)N3CCC(CO)CC3)c2C)cc1. The summed E-state index contributed by atoms with van der Waals surface area (Å²) in [5, 5.41) is 17.4. The number of carbonyl (C=O) groups is 1. The molecule has 3 rings (SSSR count). The Morgan fingerprint density at radius 2 is 1.87 bits per heavy atom. The minimum Gasteiger partial charge on any atom is -0.396 e. The van der Waals surface area contributed by atoms with Crippen LogP contribution in [-0.2, 0) is 0 Å². The molecule has 1 aliphatic rings. The highest BCUT2D eigenvalue weighted by Gasteiger charge is 2.27. The van der Waals surface area contributed by atoms with Crippen LogP contribution in [0.2, 0.25) is 0 Å². The molecule has 2 heterocycles. The zero-order valence-electron chi connectivity index (χ0n) is 13.6. The largest absolute Gasteiger partial charge is 0.396 e. The average Bonchev–Trinajstić information content (AvgIpc) is 2.96. The van der Waals surface area contributed by atoms with Crippen molar-refractivity contribution in [3.05, 3.63) is 41.2 Å². The van der Waals surface area contributed by atoms with Crippen molar-refractivity contribution in [1.82, 2.24) is 19.9 Å². The molecule has 1 N–H and O–H groups in total. The summed E-state index contributed by atoms with van der Waals surface area (Å²) in [7, 11) is 0. The lowest BCUT2D eigenvalue weighted by Gasteiger charge is -2.30. The Morgan fingerprint density at radius 1 is 1.22 bits per heavy atom. The summed E-state index contributed by atoms with van der Waals surface area (Å²) in [6.07, 6.45) is 1.68. The van der Waals surface area contributed by atoms with E-state index in [0.29, 0.717) is 24.7 Å². The molecule has 0 atom stereocenters. The van der Waals surface area contributed by atoms with Crippen LogP contribution in [0.5, 0.6) is 0 Å². The molecule has 23 heavy (non-hydrogen) atoms. The standard InChI is InChI=1S/C17H22N4O2/c1-12-3-5-15(6-4-12)21-13(2)16(18-19-21)17(23)20-9-7-14(11-22)8-10-20/h3-6,14,22H,7-11H2,1-2H3. The molecule has 2 aromatic rings. The Labute approximate surface area is 135 Å². The number of aromatic nitrogens is 3. The van der Waals surface area contributed by atoms with Gasteiger partial charge in [0.2, 0.25) is 0 Å². The Balaban J connectivity index is 1.79. The van der Waals surface area contributed by atoms with E-state index in [0.717, 1.165) is 24.2 Å². The lowest BCUT2D eigenvalue weighted by atomic mass is 9.97. The first-order valence-corrected chi connectivity index (χ1v) is 7.99. The van der Waals surface area contributed by atoms with Crippen molar-refractivity contribution in [3.8, 4) is 5.69 Å². The Bertz CT molecular complexity index is 685. The van der Waals surface area contributed by atoms with Gasteiger partial charge in [0, 0.05) is 19.7 Å². The number of aliphatic hydroxyl groups is 1. The van der Waals surface area contributed by atoms with E-state index in [1.807, 2.05) is 43.0 Å². The smallest absolute Gasteiger partial charge is 0.276 e. The van der Waals surface area contributed by atoms with Crippen molar-refractivity contribution < 1.29 is 9.90 Å². The van der Waals surface area contributed by atoms with Crippen molar-refractivity contribution in [2.24, 2.45) is 5.92 Å². The number of hydrogen-bond acceptors (Lipinski definition) is 4. The summed E-state index contributed by atoms with van der Waals surface area (Å²) in [5.74, 6) is 0.237. The zero-order chi connectivity index (χ0) is 16.4. The molecule has 122 valence electrons. The van der Waals surface area contributed by atoms with E-state index in [4.69, 9.17) is 0 Å². The molecule has 6 heteroatoms. The van der Waals surface area contributed by atoms with Gasteiger partial charge in [-0.05, 0) is 44.7 Å². The molecule has 1 aliphatic heterocycles. The van der Waals surface area contributed by atoms with Gasteiger partial charge < -0.3 is 10.0 Å². The van der Waals surface area contributed by atoms with Crippen LogP contribution in [0, 0.1) is 19.8 Å². The fraction of sp³-hybridized carbons (Fsp3) is 0.471. The van der Waals surface area contributed by atoms with Crippen LogP contribution in [-0.4, -0.2) is 50.6 Å². The number of nitrogens with zero attached hydrogens (tertiary/aromatic N) is 4. The fourth-order valence-electron chi connectivity index (χ4n) is 2.93. The second-order valence-electron chi connectivity index (χ2n) is 6.19. The van der Waals surface area contributed by atoms with E-state index >= 15 is 0 Å². The summed E-state index contributed by atoms with van der Waals surface area (Å²) in [4.78, 5) is 14.5. The number of aryl methyl sites for hydroxylation is 1. The molecule has 6 nitrogen and oxygen atoms in total. The van der Waals surface area contributed by atoms with Crippen LogP contribution in [0.15, 0.2) is 24.3 Å². The van der Waals surface area contributed by atoms with Gasteiger partial charge in [-0.25, -0.2) is 4.68 Å². The second-order valence-corrected chi connectivity index (χ2v) is 6.19. The van der Waals surface area contributed by atoms with Crippen molar-refractivity contribution in [3.63, 3.8) is 0 Å². The minimum absolute atomic E-state index is 0.0720. The van der Waals surface area contributed by atoms with E-state index in [1.165, 1.54) is 5.56 Å². The lowest BCUT2D eigenvalue weighted by molar-refractivity contribution is 0.0644. The molecule has 1 aromatic carbocycles. The number of benzene rings is 1. The van der Waals surface area contributed by atoms with Crippen LogP contribution in [0.3, 0.4) is 0 Å². The van der Waals surface area contributed by atoms with E-state index in [2.05, 4.69) is 10.3 Å². The van der Waals surface area contributed by atoms with Gasteiger partial charge >= 0.3 is 0 Å². The highest BCUT2D eigenvalue weighted by Crippen LogP contribution is 2.20. The third kappa shape index (κ3) is 3.12. The molecule has 1 saturated heterocycles. The van der Waals surface area contributed by atoms with Gasteiger partial charge in [0.15, 0.2) is 5.69 Å². The molecule has 0 bridgehead atoms. The number of carbonyl (C=O) groups excluding carboxylic acids is 1. The number of likely N-dealkylation sites (tertiary alicyclic amines) is 1. The van der Waals surface area contributed by atoms with Crippen molar-refractivity contribution >= 4 is 5.91 Å². The zero-order valence-corrected chi connectivity index (χ0v) is 13.6. The van der Waals surface area contributed by atoms with Crippen molar-refractivity contribution in [1.29, 1.82) is 0 Å². The fourth-order valence-corrected chi connectivity index (χ4v) is 2.93. The van der Waals surface area contributed by atoms with Gasteiger partial charge in [-0.1, -0.05) is 22.9 Å². The molecule has 1 aromatic heterocycles. The van der Waals surface area contributed by atoms with Crippen LogP contribution in [0.4, 0.5) is 0 Å². The first kappa shape index (κ1) is 15.7. The maximum absolute atomic E-state index is 12.7. The molecular formula is C17H22N4O2. The van der Waals surface area contributed by atoms with Crippen molar-refractivity contribution in [2.75, 3.05) is 19.7 Å². The monoisotopic (exact) mass is 314 g/mol. The minimum atomic E-state index is -0.0720. The summed E-state index contributed by atoms with van der Waals surface area (Å²) in [6.45, 7) is 5.43. The number of piperidine rings is 1. The van der Waals surface area contributed by atoms with Gasteiger partial charge in [0.05, 0.1) is 11.4 Å². The predicted octanol–water partition coefficient (Wildman–Crippen LogP) is 1.73. The highest BCUT2D eigenvalue weighted by molar-refractivity contribution is 5.93. The van der Waals surface area contributed by atoms with Gasteiger partial charge in [-0.15, -0.1) is 5.10 Å². The van der Waals surface area contributed by atoms with Gasteiger partial charge in [-0.3, -0.25) is 4.79 Å². The summed E-state index contributed by atoms with van der Waals surface area (Å²) >= 11 is 0. The number of hydrogen-bond donors (Lipinski definition) is 1. The molecule has 0 aliphatic carbocycles. The predicted molar refractivity (Wildman–Crippen MR) is 86.5 cm³/mol. The summed E-state index contributed by atoms with van der Waals surface area (Å²) in [6, 6.07) is 7.96. The third-order valence-electron chi connectivity index (χ3n) is 4.54. The van der Waals surface area contributed by atoms with Crippen LogP contribution >= 0.6 is 0 Å². The van der Waals surface area contributed by atoms with Crippen LogP contribution in [0.25, 0.3) is 5.69 Å². The molecule has 0 spiro atoms. The lowest BCUT2D eigenvalue weighted by Crippen LogP contribution is -2.39. The van der Waals surface area contributed by atoms with E-state index in [1.54, 1.807) is 4.68 Å². The first-order chi connectivity index (χ1) is 11.1. The van der Waals surface area contributed by atoms with Crippen LogP contribution < -0.4 is 0 Å². The second kappa shape index (κ2) is 6.50. The maximum atomic E-state index is 12.7. The molecule has 0 unspecified atom stereocenters. The first-order valence-electron chi connectivity index (χ1n) is 7.99. The average molecular weight is 314 g/mol. The maximum Gasteiger partial charge on any atom is 0.276 e. The van der Waals surface area contributed by atoms with E-state index in [9.17, 15) is 9.90 Å². The molecular weight excluding hydrogens is 292 g/mol. The molecule has 1 fully saturated rings. The summed E-state index contributed by atoms with van der Waals surface area (Å²) in [5.41, 5.74) is 3.24.